The third-order valence-corrected chi connectivity index (χ3v) is 3.06. The molecule has 0 aliphatic heterocycles. The van der Waals surface area contributed by atoms with E-state index in [9.17, 15) is 4.39 Å². The van der Waals surface area contributed by atoms with Crippen LogP contribution in [-0.4, -0.2) is 28.0 Å². The highest BCUT2D eigenvalue weighted by molar-refractivity contribution is 5.63. The van der Waals surface area contributed by atoms with Crippen molar-refractivity contribution in [3.05, 3.63) is 41.8 Å². The Morgan fingerprint density at radius 1 is 1.42 bits per heavy atom. The summed E-state index contributed by atoms with van der Waals surface area (Å²) in [6.07, 6.45) is 2.38. The van der Waals surface area contributed by atoms with E-state index in [4.69, 9.17) is 5.11 Å². The molecule has 1 heterocycles. The summed E-state index contributed by atoms with van der Waals surface area (Å²) in [6, 6.07) is 6.82. The van der Waals surface area contributed by atoms with E-state index >= 15 is 0 Å². The number of halogens is 1. The number of H-pyrrole nitrogens is 1. The molecular weight excluding hydrogens is 245 g/mol. The number of hydrogen-bond acceptors (Lipinski definition) is 3. The van der Waals surface area contributed by atoms with Crippen molar-refractivity contribution >= 4 is 0 Å². The summed E-state index contributed by atoms with van der Waals surface area (Å²) in [7, 11) is 0. The lowest BCUT2D eigenvalue weighted by molar-refractivity contribution is 0.268. The number of aromatic nitrogens is 2. The number of aromatic amines is 1. The summed E-state index contributed by atoms with van der Waals surface area (Å²) < 4.78 is 13.8. The Kier molecular flexibility index (Phi) is 4.65. The average molecular weight is 263 g/mol. The highest BCUT2D eigenvalue weighted by atomic mass is 19.1. The molecule has 0 unspecified atom stereocenters. The molecule has 102 valence electrons. The van der Waals surface area contributed by atoms with E-state index in [2.05, 4.69) is 15.5 Å². The summed E-state index contributed by atoms with van der Waals surface area (Å²) in [5.74, 6) is -0.267. The van der Waals surface area contributed by atoms with Crippen LogP contribution in [0.2, 0.25) is 0 Å². The molecule has 0 aliphatic rings. The first kappa shape index (κ1) is 13.7. The molecule has 2 aromatic rings. The Balaban J connectivity index is 2.12. The number of rotatable bonds is 6. The van der Waals surface area contributed by atoms with Gasteiger partial charge >= 0.3 is 0 Å². The van der Waals surface area contributed by atoms with Gasteiger partial charge in [0.15, 0.2) is 0 Å². The SMILES string of the molecule is C[C@H](CCO)NCc1cn[nH]c1-c1ccccc1F. The molecule has 0 bridgehead atoms. The fraction of sp³-hybridized carbons (Fsp3) is 0.357. The van der Waals surface area contributed by atoms with Crippen molar-refractivity contribution in [2.45, 2.75) is 25.9 Å². The monoisotopic (exact) mass is 263 g/mol. The molecule has 4 nitrogen and oxygen atoms in total. The second kappa shape index (κ2) is 6.45. The third kappa shape index (κ3) is 3.39. The largest absolute Gasteiger partial charge is 0.396 e. The second-order valence-corrected chi connectivity index (χ2v) is 4.54. The maximum absolute atomic E-state index is 13.8. The van der Waals surface area contributed by atoms with Crippen LogP contribution in [-0.2, 0) is 6.54 Å². The maximum Gasteiger partial charge on any atom is 0.132 e. The fourth-order valence-electron chi connectivity index (χ4n) is 1.92. The van der Waals surface area contributed by atoms with E-state index < -0.39 is 0 Å². The number of aliphatic hydroxyl groups is 1. The highest BCUT2D eigenvalue weighted by Crippen LogP contribution is 2.23. The molecule has 0 spiro atoms. The Bertz CT molecular complexity index is 527. The lowest BCUT2D eigenvalue weighted by Gasteiger charge is -2.12. The van der Waals surface area contributed by atoms with Crippen LogP contribution in [0.3, 0.4) is 0 Å². The first-order chi connectivity index (χ1) is 9.22. The van der Waals surface area contributed by atoms with Crippen LogP contribution >= 0.6 is 0 Å². The standard InChI is InChI=1S/C14H18FN3O/c1-10(6-7-19)16-8-11-9-17-18-14(11)12-4-2-3-5-13(12)15/h2-5,9-10,16,19H,6-8H2,1H3,(H,17,18)/t10-/m1/s1. The lowest BCUT2D eigenvalue weighted by atomic mass is 10.1. The molecule has 3 N–H and O–H groups in total. The quantitative estimate of drug-likeness (QED) is 0.747. The number of hydrogen-bond donors (Lipinski definition) is 3. The van der Waals surface area contributed by atoms with Crippen molar-refractivity contribution in [1.29, 1.82) is 0 Å². The topological polar surface area (TPSA) is 60.9 Å². The zero-order valence-electron chi connectivity index (χ0n) is 10.9. The molecule has 0 saturated heterocycles. The maximum atomic E-state index is 13.8. The van der Waals surface area contributed by atoms with E-state index in [-0.39, 0.29) is 18.5 Å². The molecule has 1 atom stereocenters. The molecule has 1 aromatic carbocycles. The van der Waals surface area contributed by atoms with Crippen molar-refractivity contribution in [2.24, 2.45) is 0 Å². The summed E-state index contributed by atoms with van der Waals surface area (Å²) in [4.78, 5) is 0. The first-order valence-electron chi connectivity index (χ1n) is 6.33. The van der Waals surface area contributed by atoms with Crippen LogP contribution in [0.25, 0.3) is 11.3 Å². The molecule has 0 aliphatic carbocycles. The van der Waals surface area contributed by atoms with E-state index in [1.165, 1.54) is 6.07 Å². The Morgan fingerprint density at radius 2 is 2.21 bits per heavy atom. The summed E-state index contributed by atoms with van der Waals surface area (Å²) in [5.41, 5.74) is 2.13. The van der Waals surface area contributed by atoms with Gasteiger partial charge in [-0.05, 0) is 25.5 Å². The van der Waals surface area contributed by atoms with Gasteiger partial charge < -0.3 is 10.4 Å². The summed E-state index contributed by atoms with van der Waals surface area (Å²) >= 11 is 0. The lowest BCUT2D eigenvalue weighted by Crippen LogP contribution is -2.26. The van der Waals surface area contributed by atoms with Crippen molar-refractivity contribution in [3.63, 3.8) is 0 Å². The molecular formula is C14H18FN3O. The van der Waals surface area contributed by atoms with E-state index in [0.717, 1.165) is 5.56 Å². The van der Waals surface area contributed by atoms with Crippen molar-refractivity contribution in [3.8, 4) is 11.3 Å². The molecule has 2 rings (SSSR count). The van der Waals surface area contributed by atoms with Crippen LogP contribution in [0.15, 0.2) is 30.5 Å². The molecule has 0 fully saturated rings. The van der Waals surface area contributed by atoms with Gasteiger partial charge in [-0.1, -0.05) is 12.1 Å². The Morgan fingerprint density at radius 3 is 2.95 bits per heavy atom. The highest BCUT2D eigenvalue weighted by Gasteiger charge is 2.12. The number of nitrogens with one attached hydrogen (secondary N) is 2. The number of aliphatic hydroxyl groups excluding tert-OH is 1. The second-order valence-electron chi connectivity index (χ2n) is 4.54. The van der Waals surface area contributed by atoms with E-state index in [1.807, 2.05) is 6.92 Å². The minimum Gasteiger partial charge on any atom is -0.396 e. The normalized spacial score (nSPS) is 12.6. The van der Waals surface area contributed by atoms with Crippen LogP contribution in [0.1, 0.15) is 18.9 Å². The molecule has 0 saturated carbocycles. The number of benzene rings is 1. The first-order valence-corrected chi connectivity index (χ1v) is 6.33. The molecule has 19 heavy (non-hydrogen) atoms. The summed E-state index contributed by atoms with van der Waals surface area (Å²) in [6.45, 7) is 2.74. The van der Waals surface area contributed by atoms with Crippen LogP contribution < -0.4 is 5.32 Å². The Labute approximate surface area is 111 Å². The van der Waals surface area contributed by atoms with E-state index in [0.29, 0.717) is 24.2 Å². The predicted molar refractivity (Wildman–Crippen MR) is 72.0 cm³/mol. The van der Waals surface area contributed by atoms with Crippen LogP contribution in [0.5, 0.6) is 0 Å². The van der Waals surface area contributed by atoms with Crippen molar-refractivity contribution < 1.29 is 9.50 Å². The fourth-order valence-corrected chi connectivity index (χ4v) is 1.92. The van der Waals surface area contributed by atoms with Gasteiger partial charge in [-0.25, -0.2) is 4.39 Å². The van der Waals surface area contributed by atoms with Gasteiger partial charge in [0.25, 0.3) is 0 Å². The van der Waals surface area contributed by atoms with Crippen molar-refractivity contribution in [2.75, 3.05) is 6.61 Å². The van der Waals surface area contributed by atoms with Crippen molar-refractivity contribution in [1.82, 2.24) is 15.5 Å². The smallest absolute Gasteiger partial charge is 0.132 e. The zero-order valence-corrected chi connectivity index (χ0v) is 10.9. The predicted octanol–water partition coefficient (Wildman–Crippen LogP) is 2.08. The van der Waals surface area contributed by atoms with Crippen LogP contribution in [0.4, 0.5) is 4.39 Å². The van der Waals surface area contributed by atoms with Gasteiger partial charge in [-0.2, -0.15) is 5.10 Å². The molecule has 0 radical (unpaired) electrons. The van der Waals surface area contributed by atoms with Gasteiger partial charge in [0, 0.05) is 30.3 Å². The minimum atomic E-state index is -0.267. The van der Waals surface area contributed by atoms with Gasteiger partial charge in [-0.3, -0.25) is 5.10 Å². The van der Waals surface area contributed by atoms with Gasteiger partial charge in [0.2, 0.25) is 0 Å². The minimum absolute atomic E-state index is 0.153. The van der Waals surface area contributed by atoms with Gasteiger partial charge in [0.05, 0.1) is 11.9 Å². The molecule has 0 amide bonds. The summed E-state index contributed by atoms with van der Waals surface area (Å²) in [5, 5.41) is 18.9. The van der Waals surface area contributed by atoms with Gasteiger partial charge in [-0.15, -0.1) is 0 Å². The number of nitrogens with zero attached hydrogens (tertiary/aromatic N) is 1. The molecule has 5 heteroatoms. The average Bonchev–Trinajstić information content (AvgIpc) is 2.85. The third-order valence-electron chi connectivity index (χ3n) is 3.06. The zero-order chi connectivity index (χ0) is 13.7. The Hall–Kier alpha value is -1.72. The van der Waals surface area contributed by atoms with Crippen LogP contribution in [0, 0.1) is 5.82 Å². The van der Waals surface area contributed by atoms with Gasteiger partial charge in [0.1, 0.15) is 5.82 Å². The van der Waals surface area contributed by atoms with E-state index in [1.54, 1.807) is 24.4 Å². The molecule has 1 aromatic heterocycles.